The van der Waals surface area contributed by atoms with Crippen LogP contribution in [-0.4, -0.2) is 74.2 Å². The van der Waals surface area contributed by atoms with Gasteiger partial charge in [0.2, 0.25) is 0 Å². The van der Waals surface area contributed by atoms with Crippen molar-refractivity contribution >= 4 is 24.0 Å². The quantitative estimate of drug-likeness (QED) is 0.124. The molecule has 0 spiro atoms. The van der Waals surface area contributed by atoms with Gasteiger partial charge in [-0.3, -0.25) is 4.90 Å². The molecular weight excluding hydrogens is 642 g/mol. The number of alkyl halides is 3. The van der Waals surface area contributed by atoms with Gasteiger partial charge in [0, 0.05) is 58.3 Å². The first kappa shape index (κ1) is 36.8. The lowest BCUT2D eigenvalue weighted by atomic mass is 9.90. The van der Waals surface area contributed by atoms with Gasteiger partial charge in [0.15, 0.2) is 0 Å². The maximum Gasteiger partial charge on any atom is 0.417 e. The molecule has 4 nitrogen and oxygen atoms in total. The fourth-order valence-electron chi connectivity index (χ4n) is 6.06. The smallest absolute Gasteiger partial charge is 0.417 e. The molecule has 4 aromatic rings. The second-order valence-electron chi connectivity index (χ2n) is 12.1. The van der Waals surface area contributed by atoms with Crippen molar-refractivity contribution in [3.63, 3.8) is 0 Å². The van der Waals surface area contributed by atoms with E-state index in [2.05, 4.69) is 58.1 Å². The first-order chi connectivity index (χ1) is 22.3. The minimum absolute atomic E-state index is 0. The van der Waals surface area contributed by atoms with Crippen molar-refractivity contribution in [3.8, 4) is 5.75 Å². The number of piperazine rings is 1. The van der Waals surface area contributed by atoms with E-state index in [1.807, 2.05) is 48.5 Å². The van der Waals surface area contributed by atoms with E-state index < -0.39 is 11.7 Å². The van der Waals surface area contributed by atoms with Crippen LogP contribution in [0.5, 0.6) is 5.75 Å². The topological polar surface area (TPSA) is 19.0 Å². The van der Waals surface area contributed by atoms with E-state index in [0.717, 1.165) is 62.1 Å². The van der Waals surface area contributed by atoms with Crippen molar-refractivity contribution in [2.75, 3.05) is 59.5 Å². The molecule has 9 heteroatoms. The van der Waals surface area contributed by atoms with Crippen LogP contribution in [-0.2, 0) is 19.1 Å². The molecule has 1 heterocycles. The summed E-state index contributed by atoms with van der Waals surface area (Å²) < 4.78 is 47.3. The molecule has 1 aliphatic heterocycles. The van der Waals surface area contributed by atoms with Crippen LogP contribution in [0.4, 0.5) is 13.2 Å². The molecule has 0 atom stereocenters. The van der Waals surface area contributed by atoms with Gasteiger partial charge in [-0.25, -0.2) is 0 Å². The molecule has 1 fully saturated rings. The van der Waals surface area contributed by atoms with E-state index in [0.29, 0.717) is 38.2 Å². The molecule has 0 unspecified atom stereocenters. The van der Waals surface area contributed by atoms with Gasteiger partial charge >= 0.3 is 6.18 Å². The summed E-state index contributed by atoms with van der Waals surface area (Å²) >= 11 is 6.37. The van der Waals surface area contributed by atoms with Gasteiger partial charge in [-0.15, -0.1) is 12.4 Å². The molecule has 1 aliphatic rings. The summed E-state index contributed by atoms with van der Waals surface area (Å²) in [5.74, 6) is 0.875. The van der Waals surface area contributed by atoms with Crippen molar-refractivity contribution < 1.29 is 17.9 Å². The third-order valence-electron chi connectivity index (χ3n) is 8.72. The highest BCUT2D eigenvalue weighted by Crippen LogP contribution is 2.37. The lowest BCUT2D eigenvalue weighted by molar-refractivity contribution is -0.137. The average molecular weight is 687 g/mol. The second kappa shape index (κ2) is 17.9. The number of nitrogens with zero attached hydrogens (tertiary/aromatic N) is 3. The molecule has 1 saturated heterocycles. The monoisotopic (exact) mass is 685 g/mol. The van der Waals surface area contributed by atoms with Gasteiger partial charge < -0.3 is 14.5 Å². The first-order valence-corrected chi connectivity index (χ1v) is 16.4. The van der Waals surface area contributed by atoms with Crippen molar-refractivity contribution in [2.45, 2.75) is 31.5 Å². The summed E-state index contributed by atoms with van der Waals surface area (Å²) in [5, 5.41) is -0.236. The predicted octanol–water partition coefficient (Wildman–Crippen LogP) is 8.67. The molecular formula is C38H44Cl2F3N3O. The minimum Gasteiger partial charge on any atom is -0.494 e. The lowest BCUT2D eigenvalue weighted by Gasteiger charge is -2.32. The zero-order valence-electron chi connectivity index (χ0n) is 26.8. The maximum absolute atomic E-state index is 13.7. The zero-order chi connectivity index (χ0) is 32.4. The second-order valence-corrected chi connectivity index (χ2v) is 12.5. The third-order valence-corrected chi connectivity index (χ3v) is 9.17. The van der Waals surface area contributed by atoms with Gasteiger partial charge in [-0.2, -0.15) is 13.2 Å². The Morgan fingerprint density at radius 1 is 0.830 bits per heavy atom. The Kier molecular flexibility index (Phi) is 14.0. The summed E-state index contributed by atoms with van der Waals surface area (Å²) in [7, 11) is 2.17. The molecule has 0 amide bonds. The van der Waals surface area contributed by atoms with Gasteiger partial charge in [-0.1, -0.05) is 96.5 Å². The number of halogens is 5. The Bertz CT molecular complexity index is 1460. The number of ether oxygens (including phenoxy) is 1. The van der Waals surface area contributed by atoms with Gasteiger partial charge in [0.05, 0.1) is 17.2 Å². The summed E-state index contributed by atoms with van der Waals surface area (Å²) in [6.45, 7) is 7.49. The van der Waals surface area contributed by atoms with E-state index in [4.69, 9.17) is 16.3 Å². The zero-order valence-corrected chi connectivity index (χ0v) is 28.4. The molecule has 0 saturated carbocycles. The van der Waals surface area contributed by atoms with Gasteiger partial charge in [0.25, 0.3) is 0 Å². The Morgan fingerprint density at radius 2 is 1.47 bits per heavy atom. The van der Waals surface area contributed by atoms with E-state index in [1.54, 1.807) is 6.07 Å². The molecule has 252 valence electrons. The summed E-state index contributed by atoms with van der Waals surface area (Å²) in [4.78, 5) is 7.07. The summed E-state index contributed by atoms with van der Waals surface area (Å²) in [6.07, 6.45) is -2.83. The number of hydrogen-bond donors (Lipinski definition) is 0. The van der Waals surface area contributed by atoms with Crippen LogP contribution >= 0.6 is 24.0 Å². The number of rotatable bonds is 14. The Hall–Kier alpha value is -3.07. The molecule has 0 aliphatic carbocycles. The van der Waals surface area contributed by atoms with Gasteiger partial charge in [0.1, 0.15) is 5.75 Å². The Balaban J connectivity index is 0.00000500. The standard InChI is InChI=1S/C38H43ClF3N3O.ClH/c1-43-22-24-44(25-23-43)21-19-30-11-8-17-34(27-30)46-26-10-20-45(28-33-16-9-18-36(37(33)39)38(40,41)42)29-35(31-12-4-2-5-13-31)32-14-6-3-7-15-32;/h2-9,11-18,27,35H,10,19-26,28-29H2,1H3;1H. The lowest BCUT2D eigenvalue weighted by Crippen LogP contribution is -2.45. The van der Waals surface area contributed by atoms with Crippen LogP contribution in [0.25, 0.3) is 0 Å². The number of likely N-dealkylation sites (N-methyl/N-ethyl adjacent to an activating group) is 1. The van der Waals surface area contributed by atoms with Crippen LogP contribution in [0.2, 0.25) is 5.02 Å². The van der Waals surface area contributed by atoms with Crippen LogP contribution in [0.15, 0.2) is 103 Å². The molecule has 4 aromatic carbocycles. The largest absolute Gasteiger partial charge is 0.494 e. The van der Waals surface area contributed by atoms with Crippen LogP contribution in [0.3, 0.4) is 0 Å². The fourth-order valence-corrected chi connectivity index (χ4v) is 6.35. The first-order valence-electron chi connectivity index (χ1n) is 16.1. The van der Waals surface area contributed by atoms with Crippen molar-refractivity contribution in [1.29, 1.82) is 0 Å². The highest BCUT2D eigenvalue weighted by molar-refractivity contribution is 6.32. The maximum atomic E-state index is 13.7. The average Bonchev–Trinajstić information content (AvgIpc) is 3.06. The molecule has 0 aromatic heterocycles. The minimum atomic E-state index is -4.51. The third kappa shape index (κ3) is 11.0. The highest BCUT2D eigenvalue weighted by atomic mass is 35.5. The van der Waals surface area contributed by atoms with Crippen molar-refractivity contribution in [1.82, 2.24) is 14.7 Å². The van der Waals surface area contributed by atoms with Crippen molar-refractivity contribution in [3.05, 3.63) is 136 Å². The van der Waals surface area contributed by atoms with Crippen LogP contribution in [0, 0.1) is 0 Å². The predicted molar refractivity (Wildman–Crippen MR) is 188 cm³/mol. The molecule has 5 rings (SSSR count). The molecule has 0 bridgehead atoms. The number of benzene rings is 4. The van der Waals surface area contributed by atoms with E-state index in [9.17, 15) is 13.2 Å². The number of hydrogen-bond acceptors (Lipinski definition) is 4. The van der Waals surface area contributed by atoms with E-state index >= 15 is 0 Å². The molecule has 0 N–H and O–H groups in total. The highest BCUT2D eigenvalue weighted by Gasteiger charge is 2.34. The molecule has 47 heavy (non-hydrogen) atoms. The molecule has 0 radical (unpaired) electrons. The summed E-state index contributed by atoms with van der Waals surface area (Å²) in [6, 6.07) is 32.9. The van der Waals surface area contributed by atoms with E-state index in [1.165, 1.54) is 11.6 Å². The fraction of sp³-hybridized carbons (Fsp3) is 0.368. The summed E-state index contributed by atoms with van der Waals surface area (Å²) in [5.41, 5.74) is 3.22. The van der Waals surface area contributed by atoms with Crippen molar-refractivity contribution in [2.24, 2.45) is 0 Å². The van der Waals surface area contributed by atoms with Crippen LogP contribution < -0.4 is 4.74 Å². The van der Waals surface area contributed by atoms with Crippen LogP contribution in [0.1, 0.15) is 40.2 Å². The van der Waals surface area contributed by atoms with E-state index in [-0.39, 0.29) is 23.3 Å². The SMILES string of the molecule is CN1CCN(CCc2cccc(OCCCN(Cc3cccc(C(F)(F)F)c3Cl)CC(c3ccccc3)c3ccccc3)c2)CC1.Cl. The Labute approximate surface area is 288 Å². The Morgan fingerprint density at radius 3 is 2.11 bits per heavy atom. The van der Waals surface area contributed by atoms with Gasteiger partial charge in [-0.05, 0) is 60.3 Å². The normalized spacial score (nSPS) is 14.4.